The molecule has 0 radical (unpaired) electrons. The van der Waals surface area contributed by atoms with Crippen molar-refractivity contribution in [3.05, 3.63) is 40.6 Å². The Kier molecular flexibility index (Phi) is 5.70. The second-order valence-electron chi connectivity index (χ2n) is 4.59. The molecule has 0 saturated heterocycles. The number of carbonyl (C=O) groups is 1. The third kappa shape index (κ3) is 3.94. The van der Waals surface area contributed by atoms with Gasteiger partial charge in [0.15, 0.2) is 5.11 Å². The molecule has 0 bridgehead atoms. The molecule has 0 amide bonds. The summed E-state index contributed by atoms with van der Waals surface area (Å²) < 4.78 is 4.91. The third-order valence-electron chi connectivity index (χ3n) is 2.74. The highest BCUT2D eigenvalue weighted by Gasteiger charge is 2.22. The summed E-state index contributed by atoms with van der Waals surface area (Å²) in [6.07, 6.45) is 0. The number of carbonyl (C=O) groups excluding carboxylic acids is 1. The first-order valence-corrected chi connectivity index (χ1v) is 8.62. The number of hydrogen-bond acceptors (Lipinski definition) is 5. The molecule has 0 aromatic carbocycles. The lowest BCUT2D eigenvalue weighted by molar-refractivity contribution is 0.0603. The highest BCUT2D eigenvalue weighted by atomic mass is 32.1. The maximum atomic E-state index is 12.1. The molecule has 0 aliphatic carbocycles. The number of thiophene rings is 2. The third-order valence-corrected chi connectivity index (χ3v) is 4.79. The van der Waals surface area contributed by atoms with Gasteiger partial charge in [-0.1, -0.05) is 18.2 Å². The van der Waals surface area contributed by atoms with Crippen LogP contribution in [0.25, 0.3) is 10.4 Å². The van der Waals surface area contributed by atoms with Gasteiger partial charge in [-0.15, -0.1) is 22.7 Å². The molecule has 7 heteroatoms. The fraction of sp³-hybridized carbons (Fsp3) is 0.200. The van der Waals surface area contributed by atoms with Gasteiger partial charge in [-0.25, -0.2) is 4.79 Å². The molecule has 0 atom stereocenters. The zero-order valence-electron chi connectivity index (χ0n) is 12.3. The minimum atomic E-state index is -0.380. The minimum Gasteiger partial charge on any atom is -0.465 e. The number of anilines is 1. The van der Waals surface area contributed by atoms with Crippen molar-refractivity contribution in [2.75, 3.05) is 19.0 Å². The number of rotatable bonds is 5. The molecule has 0 aliphatic heterocycles. The summed E-state index contributed by atoms with van der Waals surface area (Å²) in [6, 6.07) is 3.92. The van der Waals surface area contributed by atoms with Crippen molar-refractivity contribution in [3.8, 4) is 10.4 Å². The van der Waals surface area contributed by atoms with Crippen LogP contribution in [0.2, 0.25) is 0 Å². The molecule has 0 saturated carbocycles. The molecule has 2 heterocycles. The van der Waals surface area contributed by atoms with Crippen molar-refractivity contribution in [2.24, 2.45) is 0 Å². The summed E-state index contributed by atoms with van der Waals surface area (Å²) in [4.78, 5) is 13.1. The maximum absolute atomic E-state index is 12.1. The Hall–Kier alpha value is -1.70. The molecule has 0 spiro atoms. The molecule has 4 nitrogen and oxygen atoms in total. The van der Waals surface area contributed by atoms with Gasteiger partial charge >= 0.3 is 5.97 Å². The Labute approximate surface area is 142 Å². The number of methoxy groups -OCH3 is 1. The van der Waals surface area contributed by atoms with Crippen LogP contribution in [0.4, 0.5) is 5.00 Å². The second kappa shape index (κ2) is 7.53. The van der Waals surface area contributed by atoms with Crippen molar-refractivity contribution < 1.29 is 9.53 Å². The molecule has 2 aromatic heterocycles. The number of esters is 1. The predicted molar refractivity (Wildman–Crippen MR) is 98.0 cm³/mol. The Morgan fingerprint density at radius 3 is 2.82 bits per heavy atom. The van der Waals surface area contributed by atoms with E-state index in [1.807, 2.05) is 29.8 Å². The van der Waals surface area contributed by atoms with E-state index in [2.05, 4.69) is 17.2 Å². The smallest absolute Gasteiger partial charge is 0.341 e. The maximum Gasteiger partial charge on any atom is 0.341 e. The molecule has 22 heavy (non-hydrogen) atoms. The van der Waals surface area contributed by atoms with Crippen LogP contribution < -0.4 is 10.6 Å². The Balaban J connectivity index is 2.26. The van der Waals surface area contributed by atoms with Crippen LogP contribution in [0, 0.1) is 0 Å². The monoisotopic (exact) mass is 352 g/mol. The second-order valence-corrected chi connectivity index (χ2v) is 6.82. The largest absolute Gasteiger partial charge is 0.465 e. The van der Waals surface area contributed by atoms with Gasteiger partial charge in [0, 0.05) is 22.4 Å². The Morgan fingerprint density at radius 1 is 1.45 bits per heavy atom. The summed E-state index contributed by atoms with van der Waals surface area (Å²) in [6.45, 7) is 6.31. The lowest BCUT2D eigenvalue weighted by atomic mass is 10.1. The van der Waals surface area contributed by atoms with E-state index in [0.29, 0.717) is 22.2 Å². The van der Waals surface area contributed by atoms with Gasteiger partial charge in [-0.05, 0) is 30.6 Å². The van der Waals surface area contributed by atoms with E-state index in [9.17, 15) is 4.79 Å². The lowest BCUT2D eigenvalue weighted by Gasteiger charge is -2.10. The van der Waals surface area contributed by atoms with Crippen molar-refractivity contribution in [3.63, 3.8) is 0 Å². The topological polar surface area (TPSA) is 50.4 Å². The molecule has 2 rings (SSSR count). The van der Waals surface area contributed by atoms with Crippen molar-refractivity contribution >= 4 is 51.0 Å². The van der Waals surface area contributed by atoms with Crippen LogP contribution >= 0.6 is 34.9 Å². The summed E-state index contributed by atoms with van der Waals surface area (Å²) in [7, 11) is 1.37. The molecular weight excluding hydrogens is 336 g/mol. The quantitative estimate of drug-likeness (QED) is 0.481. The first-order chi connectivity index (χ1) is 10.5. The van der Waals surface area contributed by atoms with Gasteiger partial charge in [0.25, 0.3) is 0 Å². The molecular formula is C15H16N2O2S3. The average molecular weight is 353 g/mol. The standard InChI is InChI=1S/C15H16N2O2S3/c1-9(2)7-16-15(20)17-13-12(14(18)19-3)10(8-22-13)11-5-4-6-21-11/h4-6,8H,1,7H2,2-3H3,(H2,16,17,20). The number of thiocarbonyl (C=S) groups is 1. The van der Waals surface area contributed by atoms with E-state index in [4.69, 9.17) is 17.0 Å². The molecule has 116 valence electrons. The van der Waals surface area contributed by atoms with E-state index in [1.165, 1.54) is 18.4 Å². The highest BCUT2D eigenvalue weighted by Crippen LogP contribution is 2.38. The zero-order chi connectivity index (χ0) is 16.1. The zero-order valence-corrected chi connectivity index (χ0v) is 14.7. The first-order valence-electron chi connectivity index (χ1n) is 6.45. The van der Waals surface area contributed by atoms with Gasteiger partial charge in [0.2, 0.25) is 0 Å². The van der Waals surface area contributed by atoms with E-state index >= 15 is 0 Å². The number of ether oxygens (including phenoxy) is 1. The van der Waals surface area contributed by atoms with E-state index in [1.54, 1.807) is 11.3 Å². The van der Waals surface area contributed by atoms with Crippen LogP contribution in [-0.2, 0) is 4.74 Å². The predicted octanol–water partition coefficient (Wildman–Crippen LogP) is 4.13. The van der Waals surface area contributed by atoms with E-state index in [0.717, 1.165) is 16.0 Å². The number of nitrogens with one attached hydrogen (secondary N) is 2. The normalized spacial score (nSPS) is 10.1. The average Bonchev–Trinajstić information content (AvgIpc) is 3.13. The summed E-state index contributed by atoms with van der Waals surface area (Å²) in [5, 5.41) is 11.1. The molecule has 0 fully saturated rings. The van der Waals surface area contributed by atoms with Gasteiger partial charge in [-0.2, -0.15) is 0 Å². The van der Waals surface area contributed by atoms with Gasteiger partial charge in [0.1, 0.15) is 10.6 Å². The van der Waals surface area contributed by atoms with Crippen LogP contribution in [0.5, 0.6) is 0 Å². The van der Waals surface area contributed by atoms with Crippen LogP contribution in [0.15, 0.2) is 35.0 Å². The Bertz CT molecular complexity index is 690. The molecule has 0 aliphatic rings. The van der Waals surface area contributed by atoms with Crippen molar-refractivity contribution in [1.29, 1.82) is 0 Å². The molecule has 2 aromatic rings. The van der Waals surface area contributed by atoms with Crippen LogP contribution in [-0.4, -0.2) is 24.7 Å². The first kappa shape index (κ1) is 16.7. The minimum absolute atomic E-state index is 0.380. The van der Waals surface area contributed by atoms with Crippen LogP contribution in [0.3, 0.4) is 0 Å². The van der Waals surface area contributed by atoms with Crippen molar-refractivity contribution in [1.82, 2.24) is 5.32 Å². The van der Waals surface area contributed by atoms with Gasteiger partial charge in [-0.3, -0.25) is 0 Å². The lowest BCUT2D eigenvalue weighted by Crippen LogP contribution is -2.29. The van der Waals surface area contributed by atoms with E-state index < -0.39 is 0 Å². The fourth-order valence-corrected chi connectivity index (χ4v) is 3.76. The summed E-state index contributed by atoms with van der Waals surface area (Å²) >= 11 is 8.24. The van der Waals surface area contributed by atoms with E-state index in [-0.39, 0.29) is 5.97 Å². The number of hydrogen-bond donors (Lipinski definition) is 2. The summed E-state index contributed by atoms with van der Waals surface area (Å²) in [5.41, 5.74) is 2.34. The van der Waals surface area contributed by atoms with Gasteiger partial charge < -0.3 is 15.4 Å². The van der Waals surface area contributed by atoms with Gasteiger partial charge in [0.05, 0.1) is 7.11 Å². The Morgan fingerprint density at radius 2 is 2.23 bits per heavy atom. The highest BCUT2D eigenvalue weighted by molar-refractivity contribution is 7.80. The molecule has 2 N–H and O–H groups in total. The SMILES string of the molecule is C=C(C)CNC(=S)Nc1scc(-c2cccs2)c1C(=O)OC. The summed E-state index contributed by atoms with van der Waals surface area (Å²) in [5.74, 6) is -0.380. The fourth-order valence-electron chi connectivity index (χ4n) is 1.75. The molecule has 0 unspecified atom stereocenters. The van der Waals surface area contributed by atoms with Crippen molar-refractivity contribution in [2.45, 2.75) is 6.92 Å². The van der Waals surface area contributed by atoms with Crippen LogP contribution in [0.1, 0.15) is 17.3 Å².